The number of aryl methyl sites for hydroxylation is 1. The van der Waals surface area contributed by atoms with Crippen molar-refractivity contribution in [2.75, 3.05) is 0 Å². The zero-order chi connectivity index (χ0) is 11.4. The Morgan fingerprint density at radius 2 is 2.13 bits per heavy atom. The molecule has 0 amide bonds. The van der Waals surface area contributed by atoms with Crippen LogP contribution < -0.4 is 0 Å². The molecular weight excluding hydrogens is 190 g/mol. The van der Waals surface area contributed by atoms with Crippen molar-refractivity contribution < 1.29 is 9.90 Å². The van der Waals surface area contributed by atoms with E-state index in [2.05, 4.69) is 18.8 Å². The van der Waals surface area contributed by atoms with Crippen LogP contribution in [0.25, 0.3) is 0 Å². The molecule has 0 bridgehead atoms. The molecule has 0 fully saturated rings. The molecule has 1 rings (SSSR count). The Bertz CT molecular complexity index is 359. The first kappa shape index (κ1) is 11.7. The normalized spacial score (nSPS) is 10.7. The Kier molecular flexibility index (Phi) is 3.83. The minimum atomic E-state index is -0.949. The molecule has 82 valence electrons. The van der Waals surface area contributed by atoms with Crippen LogP contribution in [-0.2, 0) is 12.8 Å². The molecule has 0 unspecified atom stereocenters. The molecular formula is C12H17NO2. The summed E-state index contributed by atoms with van der Waals surface area (Å²) in [5, 5.41) is 8.90. The number of aromatic carboxylic acids is 1. The first-order valence-electron chi connectivity index (χ1n) is 5.26. The van der Waals surface area contributed by atoms with Gasteiger partial charge >= 0.3 is 5.97 Å². The maximum absolute atomic E-state index is 10.8. The first-order valence-corrected chi connectivity index (χ1v) is 5.26. The van der Waals surface area contributed by atoms with Crippen LogP contribution in [0.2, 0.25) is 0 Å². The van der Waals surface area contributed by atoms with E-state index in [1.165, 1.54) is 0 Å². The maximum Gasteiger partial charge on any atom is 0.354 e. The fourth-order valence-electron chi connectivity index (χ4n) is 1.49. The van der Waals surface area contributed by atoms with Crippen LogP contribution in [-0.4, -0.2) is 16.1 Å². The van der Waals surface area contributed by atoms with Crippen LogP contribution in [0.15, 0.2) is 12.1 Å². The Morgan fingerprint density at radius 1 is 1.47 bits per heavy atom. The first-order chi connectivity index (χ1) is 7.02. The topological polar surface area (TPSA) is 50.2 Å². The molecule has 1 aromatic heterocycles. The molecule has 3 nitrogen and oxygen atoms in total. The Morgan fingerprint density at radius 3 is 2.60 bits per heavy atom. The van der Waals surface area contributed by atoms with Crippen molar-refractivity contribution in [1.29, 1.82) is 0 Å². The van der Waals surface area contributed by atoms with Gasteiger partial charge in [0.05, 0.1) is 0 Å². The molecule has 0 saturated carbocycles. The summed E-state index contributed by atoms with van der Waals surface area (Å²) in [6, 6.07) is 3.64. The second-order valence-electron chi connectivity index (χ2n) is 4.11. The molecule has 0 aliphatic carbocycles. The smallest absolute Gasteiger partial charge is 0.354 e. The predicted octanol–water partition coefficient (Wildman–Crippen LogP) is 2.54. The molecule has 0 aliphatic rings. The lowest BCUT2D eigenvalue weighted by molar-refractivity contribution is 0.0690. The number of hydrogen-bond donors (Lipinski definition) is 1. The van der Waals surface area contributed by atoms with Crippen LogP contribution >= 0.6 is 0 Å². The maximum atomic E-state index is 10.8. The molecule has 0 radical (unpaired) electrons. The third-order valence-corrected chi connectivity index (χ3v) is 2.18. The summed E-state index contributed by atoms with van der Waals surface area (Å²) in [5.74, 6) is -0.457. The highest BCUT2D eigenvalue weighted by atomic mass is 16.4. The summed E-state index contributed by atoms with van der Waals surface area (Å²) >= 11 is 0. The van der Waals surface area contributed by atoms with E-state index in [0.29, 0.717) is 5.92 Å². The van der Waals surface area contributed by atoms with Crippen molar-refractivity contribution in [3.8, 4) is 0 Å². The molecule has 15 heavy (non-hydrogen) atoms. The van der Waals surface area contributed by atoms with Crippen LogP contribution in [0.1, 0.15) is 42.5 Å². The Hall–Kier alpha value is -1.38. The fourth-order valence-corrected chi connectivity index (χ4v) is 1.49. The summed E-state index contributed by atoms with van der Waals surface area (Å²) in [6.07, 6.45) is 1.67. The van der Waals surface area contributed by atoms with Gasteiger partial charge in [-0.15, -0.1) is 0 Å². The third-order valence-electron chi connectivity index (χ3n) is 2.18. The number of carboxylic acids is 1. The van der Waals surface area contributed by atoms with Crippen molar-refractivity contribution in [2.24, 2.45) is 5.92 Å². The van der Waals surface area contributed by atoms with Crippen molar-refractivity contribution in [1.82, 2.24) is 4.98 Å². The second kappa shape index (κ2) is 4.91. The average Bonchev–Trinajstić information content (AvgIpc) is 2.16. The van der Waals surface area contributed by atoms with Gasteiger partial charge in [-0.1, -0.05) is 20.8 Å². The number of hydrogen-bond acceptors (Lipinski definition) is 2. The molecule has 0 spiro atoms. The monoisotopic (exact) mass is 207 g/mol. The highest BCUT2D eigenvalue weighted by molar-refractivity contribution is 5.85. The van der Waals surface area contributed by atoms with Gasteiger partial charge in [0.25, 0.3) is 0 Å². The van der Waals surface area contributed by atoms with Crippen molar-refractivity contribution >= 4 is 5.97 Å². The van der Waals surface area contributed by atoms with Gasteiger partial charge in [0, 0.05) is 5.69 Å². The number of carboxylic acid groups (broad SMARTS) is 1. The van der Waals surface area contributed by atoms with Gasteiger partial charge in [0.15, 0.2) is 0 Å². The Labute approximate surface area is 90.2 Å². The van der Waals surface area contributed by atoms with Gasteiger partial charge < -0.3 is 5.11 Å². The molecule has 1 N–H and O–H groups in total. The number of aromatic nitrogens is 1. The van der Waals surface area contributed by atoms with Crippen LogP contribution in [0.4, 0.5) is 0 Å². The van der Waals surface area contributed by atoms with E-state index < -0.39 is 5.97 Å². The summed E-state index contributed by atoms with van der Waals surface area (Å²) in [6.45, 7) is 6.21. The van der Waals surface area contributed by atoms with Crippen molar-refractivity contribution in [3.05, 3.63) is 29.1 Å². The molecule has 1 heterocycles. The van der Waals surface area contributed by atoms with Crippen LogP contribution in [0, 0.1) is 5.92 Å². The number of nitrogens with zero attached hydrogens (tertiary/aromatic N) is 1. The molecule has 0 aliphatic heterocycles. The number of rotatable bonds is 4. The third kappa shape index (κ3) is 3.35. The summed E-state index contributed by atoms with van der Waals surface area (Å²) in [5.41, 5.74) is 2.07. The highest BCUT2D eigenvalue weighted by Crippen LogP contribution is 2.11. The zero-order valence-electron chi connectivity index (χ0n) is 9.45. The second-order valence-corrected chi connectivity index (χ2v) is 4.11. The van der Waals surface area contributed by atoms with Crippen molar-refractivity contribution in [3.63, 3.8) is 0 Å². The lowest BCUT2D eigenvalue weighted by Crippen LogP contribution is -2.06. The van der Waals surface area contributed by atoms with Gasteiger partial charge in [-0.2, -0.15) is 0 Å². The quantitative estimate of drug-likeness (QED) is 0.825. The number of pyridine rings is 1. The van der Waals surface area contributed by atoms with E-state index in [0.717, 1.165) is 24.1 Å². The minimum absolute atomic E-state index is 0.157. The summed E-state index contributed by atoms with van der Waals surface area (Å²) in [7, 11) is 0. The largest absolute Gasteiger partial charge is 0.477 e. The number of carbonyl (C=O) groups is 1. The van der Waals surface area contributed by atoms with E-state index in [1.807, 2.05) is 13.0 Å². The van der Waals surface area contributed by atoms with E-state index in [1.54, 1.807) is 6.07 Å². The Balaban J connectivity index is 3.05. The van der Waals surface area contributed by atoms with E-state index in [-0.39, 0.29) is 5.69 Å². The van der Waals surface area contributed by atoms with Gasteiger partial charge in [-0.25, -0.2) is 9.78 Å². The molecule has 0 atom stereocenters. The zero-order valence-corrected chi connectivity index (χ0v) is 9.45. The fraction of sp³-hybridized carbons (Fsp3) is 0.500. The molecule has 3 heteroatoms. The van der Waals surface area contributed by atoms with E-state index >= 15 is 0 Å². The molecule has 1 aromatic rings. The summed E-state index contributed by atoms with van der Waals surface area (Å²) < 4.78 is 0. The predicted molar refractivity (Wildman–Crippen MR) is 59.1 cm³/mol. The highest BCUT2D eigenvalue weighted by Gasteiger charge is 2.09. The standard InChI is InChI=1S/C12H17NO2/c1-4-9-6-10(5-8(2)3)13-11(7-9)12(14)15/h6-8H,4-5H2,1-3H3,(H,14,15). The van der Waals surface area contributed by atoms with Gasteiger partial charge in [-0.3, -0.25) is 0 Å². The van der Waals surface area contributed by atoms with Gasteiger partial charge in [-0.05, 0) is 36.5 Å². The van der Waals surface area contributed by atoms with Crippen LogP contribution in [0.5, 0.6) is 0 Å². The molecule has 0 aromatic carbocycles. The lowest BCUT2D eigenvalue weighted by atomic mass is 10.0. The average molecular weight is 207 g/mol. The van der Waals surface area contributed by atoms with E-state index in [4.69, 9.17) is 5.11 Å². The molecule has 0 saturated heterocycles. The minimum Gasteiger partial charge on any atom is -0.477 e. The van der Waals surface area contributed by atoms with Crippen LogP contribution in [0.3, 0.4) is 0 Å². The lowest BCUT2D eigenvalue weighted by Gasteiger charge is -2.07. The van der Waals surface area contributed by atoms with Crippen molar-refractivity contribution in [2.45, 2.75) is 33.6 Å². The summed E-state index contributed by atoms with van der Waals surface area (Å²) in [4.78, 5) is 15.0. The SMILES string of the molecule is CCc1cc(CC(C)C)nc(C(=O)O)c1. The van der Waals surface area contributed by atoms with Gasteiger partial charge in [0.2, 0.25) is 0 Å². The van der Waals surface area contributed by atoms with Gasteiger partial charge in [0.1, 0.15) is 5.69 Å². The van der Waals surface area contributed by atoms with E-state index in [9.17, 15) is 4.79 Å².